The Morgan fingerprint density at radius 3 is 2.62 bits per heavy atom. The maximum absolute atomic E-state index is 9.99. The highest BCUT2D eigenvalue weighted by atomic mass is 16.3. The summed E-state index contributed by atoms with van der Waals surface area (Å²) in [4.78, 5) is 0. The summed E-state index contributed by atoms with van der Waals surface area (Å²) in [6.45, 7) is 4.46. The summed E-state index contributed by atoms with van der Waals surface area (Å²) in [6.07, 6.45) is 9.78. The number of terminal acetylenes is 1. The van der Waals surface area contributed by atoms with Gasteiger partial charge in [-0.25, -0.2) is 0 Å². The van der Waals surface area contributed by atoms with Gasteiger partial charge in [0.05, 0.1) is 5.60 Å². The first-order valence-corrected chi connectivity index (χ1v) is 5.23. The highest BCUT2D eigenvalue weighted by molar-refractivity contribution is 4.96. The average molecular weight is 180 g/mol. The van der Waals surface area contributed by atoms with Crippen LogP contribution in [0.25, 0.3) is 0 Å². The molecule has 1 heteroatoms. The molecule has 0 bridgehead atoms. The third-order valence-electron chi connectivity index (χ3n) is 3.19. The van der Waals surface area contributed by atoms with E-state index in [2.05, 4.69) is 19.8 Å². The van der Waals surface area contributed by atoms with E-state index in [4.69, 9.17) is 6.42 Å². The molecular weight excluding hydrogens is 160 g/mol. The lowest BCUT2D eigenvalue weighted by Crippen LogP contribution is -2.45. The Hall–Kier alpha value is -0.480. The molecule has 1 N–H and O–H groups in total. The molecule has 0 heterocycles. The van der Waals surface area contributed by atoms with Crippen molar-refractivity contribution in [3.05, 3.63) is 0 Å². The molecule has 1 rings (SSSR count). The molecule has 74 valence electrons. The van der Waals surface area contributed by atoms with Crippen LogP contribution in [0.1, 0.15) is 46.0 Å². The van der Waals surface area contributed by atoms with E-state index in [1.54, 1.807) is 0 Å². The molecule has 0 aliphatic heterocycles. The smallest absolute Gasteiger partial charge is 0.0653 e. The zero-order chi connectivity index (χ0) is 9.90. The molecule has 1 aliphatic rings. The highest BCUT2D eigenvalue weighted by Crippen LogP contribution is 2.44. The van der Waals surface area contributed by atoms with Gasteiger partial charge in [0, 0.05) is 6.42 Å². The molecule has 0 spiro atoms. The van der Waals surface area contributed by atoms with E-state index >= 15 is 0 Å². The van der Waals surface area contributed by atoms with Crippen LogP contribution in [-0.4, -0.2) is 10.7 Å². The Bertz CT molecular complexity index is 194. The van der Waals surface area contributed by atoms with Crippen molar-refractivity contribution >= 4 is 0 Å². The molecule has 0 aromatic carbocycles. The predicted molar refractivity (Wildman–Crippen MR) is 55.2 cm³/mol. The summed E-state index contributed by atoms with van der Waals surface area (Å²) in [5.74, 6) is 4.06. The lowest BCUT2D eigenvalue weighted by molar-refractivity contribution is -0.0931. The second-order valence-electron chi connectivity index (χ2n) is 4.69. The van der Waals surface area contributed by atoms with Crippen LogP contribution in [0.4, 0.5) is 0 Å². The standard InChI is InChI=1S/C12H20O/c1-4-5-6-7-12(13)8-11(9-12)10(2)3/h1,10-11,13H,5-9H2,2-3H3. The summed E-state index contributed by atoms with van der Waals surface area (Å²) >= 11 is 0. The molecule has 0 radical (unpaired) electrons. The Labute approximate surface area is 81.5 Å². The second-order valence-corrected chi connectivity index (χ2v) is 4.69. The van der Waals surface area contributed by atoms with E-state index < -0.39 is 0 Å². The van der Waals surface area contributed by atoms with Gasteiger partial charge < -0.3 is 5.11 Å². The third-order valence-corrected chi connectivity index (χ3v) is 3.19. The van der Waals surface area contributed by atoms with E-state index in [1.807, 2.05) is 0 Å². The van der Waals surface area contributed by atoms with Crippen molar-refractivity contribution in [3.8, 4) is 12.3 Å². The largest absolute Gasteiger partial charge is 0.390 e. The number of hydrogen-bond donors (Lipinski definition) is 1. The number of rotatable bonds is 4. The molecule has 0 atom stereocenters. The van der Waals surface area contributed by atoms with E-state index in [0.717, 1.165) is 38.0 Å². The molecule has 1 fully saturated rings. The zero-order valence-electron chi connectivity index (χ0n) is 8.71. The fourth-order valence-corrected chi connectivity index (χ4v) is 2.11. The Balaban J connectivity index is 2.19. The van der Waals surface area contributed by atoms with Gasteiger partial charge in [-0.2, -0.15) is 0 Å². The van der Waals surface area contributed by atoms with Gasteiger partial charge in [0.2, 0.25) is 0 Å². The minimum atomic E-state index is -0.369. The van der Waals surface area contributed by atoms with Gasteiger partial charge >= 0.3 is 0 Å². The van der Waals surface area contributed by atoms with Gasteiger partial charge in [-0.3, -0.25) is 0 Å². The Kier molecular flexibility index (Phi) is 3.39. The van der Waals surface area contributed by atoms with Crippen molar-refractivity contribution in [1.29, 1.82) is 0 Å². The predicted octanol–water partition coefficient (Wildman–Crippen LogP) is 2.59. The molecule has 0 amide bonds. The zero-order valence-corrected chi connectivity index (χ0v) is 8.71. The van der Waals surface area contributed by atoms with Crippen molar-refractivity contribution in [2.24, 2.45) is 11.8 Å². The van der Waals surface area contributed by atoms with Crippen LogP contribution in [0, 0.1) is 24.2 Å². The van der Waals surface area contributed by atoms with Gasteiger partial charge in [-0.1, -0.05) is 13.8 Å². The van der Waals surface area contributed by atoms with Gasteiger partial charge in [0.1, 0.15) is 0 Å². The molecule has 1 aliphatic carbocycles. The number of hydrogen-bond acceptors (Lipinski definition) is 1. The molecule has 1 nitrogen and oxygen atoms in total. The molecule has 0 saturated heterocycles. The summed E-state index contributed by atoms with van der Waals surface area (Å²) in [7, 11) is 0. The molecule has 0 unspecified atom stereocenters. The topological polar surface area (TPSA) is 20.2 Å². The van der Waals surface area contributed by atoms with Crippen LogP contribution in [-0.2, 0) is 0 Å². The molecular formula is C12H20O. The van der Waals surface area contributed by atoms with Gasteiger partial charge in [-0.05, 0) is 37.5 Å². The first-order chi connectivity index (χ1) is 6.07. The van der Waals surface area contributed by atoms with E-state index in [9.17, 15) is 5.11 Å². The monoisotopic (exact) mass is 180 g/mol. The maximum Gasteiger partial charge on any atom is 0.0653 e. The Morgan fingerprint density at radius 2 is 2.15 bits per heavy atom. The fraction of sp³-hybridized carbons (Fsp3) is 0.833. The molecule has 0 aromatic rings. The van der Waals surface area contributed by atoms with Crippen LogP contribution in [0.5, 0.6) is 0 Å². The van der Waals surface area contributed by atoms with E-state index in [0.29, 0.717) is 5.92 Å². The van der Waals surface area contributed by atoms with E-state index in [-0.39, 0.29) is 5.60 Å². The van der Waals surface area contributed by atoms with Crippen LogP contribution >= 0.6 is 0 Å². The summed E-state index contributed by atoms with van der Waals surface area (Å²) < 4.78 is 0. The molecule has 0 aromatic heterocycles. The normalized spacial score (nSPS) is 32.7. The summed E-state index contributed by atoms with van der Waals surface area (Å²) in [5.41, 5.74) is -0.369. The van der Waals surface area contributed by atoms with Crippen LogP contribution in [0.2, 0.25) is 0 Å². The highest BCUT2D eigenvalue weighted by Gasteiger charge is 2.42. The molecule has 1 saturated carbocycles. The van der Waals surface area contributed by atoms with Crippen molar-refractivity contribution in [2.45, 2.75) is 51.6 Å². The van der Waals surface area contributed by atoms with Gasteiger partial charge in [0.25, 0.3) is 0 Å². The van der Waals surface area contributed by atoms with Crippen molar-refractivity contribution in [3.63, 3.8) is 0 Å². The Morgan fingerprint density at radius 1 is 1.54 bits per heavy atom. The first-order valence-electron chi connectivity index (χ1n) is 5.23. The van der Waals surface area contributed by atoms with Crippen molar-refractivity contribution in [1.82, 2.24) is 0 Å². The van der Waals surface area contributed by atoms with Crippen LogP contribution in [0.15, 0.2) is 0 Å². The lowest BCUT2D eigenvalue weighted by Gasteiger charge is -2.46. The summed E-state index contributed by atoms with van der Waals surface area (Å²) in [6, 6.07) is 0. The van der Waals surface area contributed by atoms with Gasteiger partial charge in [-0.15, -0.1) is 12.3 Å². The van der Waals surface area contributed by atoms with Gasteiger partial charge in [0.15, 0.2) is 0 Å². The fourth-order valence-electron chi connectivity index (χ4n) is 2.11. The summed E-state index contributed by atoms with van der Waals surface area (Å²) in [5, 5.41) is 9.99. The first kappa shape index (κ1) is 10.6. The number of aliphatic hydroxyl groups is 1. The van der Waals surface area contributed by atoms with Crippen molar-refractivity contribution < 1.29 is 5.11 Å². The quantitative estimate of drug-likeness (QED) is 0.521. The minimum absolute atomic E-state index is 0.369. The van der Waals surface area contributed by atoms with Crippen LogP contribution in [0.3, 0.4) is 0 Å². The minimum Gasteiger partial charge on any atom is -0.390 e. The van der Waals surface area contributed by atoms with Crippen LogP contribution < -0.4 is 0 Å². The van der Waals surface area contributed by atoms with E-state index in [1.165, 1.54) is 0 Å². The average Bonchev–Trinajstić information content (AvgIpc) is 2.00. The molecule has 13 heavy (non-hydrogen) atoms. The second kappa shape index (κ2) is 4.15. The van der Waals surface area contributed by atoms with Crippen molar-refractivity contribution in [2.75, 3.05) is 0 Å². The number of unbranched alkanes of at least 4 members (excludes halogenated alkanes) is 1. The lowest BCUT2D eigenvalue weighted by atomic mass is 9.64. The maximum atomic E-state index is 9.99. The SMILES string of the molecule is C#CCCCC1(O)CC(C(C)C)C1. The third kappa shape index (κ3) is 2.74.